The first-order chi connectivity index (χ1) is 8.81. The van der Waals surface area contributed by atoms with Crippen LogP contribution in [0.4, 0.5) is 0 Å². The first-order valence-corrected chi connectivity index (χ1v) is 8.18. The predicted molar refractivity (Wildman–Crippen MR) is 74.4 cm³/mol. The zero-order valence-corrected chi connectivity index (χ0v) is 11.7. The quantitative estimate of drug-likeness (QED) is 0.812. The molecule has 2 saturated carbocycles. The van der Waals surface area contributed by atoms with Gasteiger partial charge in [0.05, 0.1) is 6.10 Å². The molecule has 2 N–H and O–H groups in total. The second kappa shape index (κ2) is 5.92. The van der Waals surface area contributed by atoms with Crippen molar-refractivity contribution >= 4 is 0 Å². The van der Waals surface area contributed by atoms with Gasteiger partial charge in [0.25, 0.3) is 0 Å². The molecule has 0 radical (unpaired) electrons. The average molecular weight is 251 g/mol. The molecule has 0 aromatic heterocycles. The third-order valence-electron chi connectivity index (χ3n) is 5.62. The van der Waals surface area contributed by atoms with Gasteiger partial charge in [0.15, 0.2) is 0 Å². The molecular formula is C16H29NO. The van der Waals surface area contributed by atoms with Gasteiger partial charge in [-0.2, -0.15) is 0 Å². The molecule has 2 aliphatic carbocycles. The summed E-state index contributed by atoms with van der Waals surface area (Å²) in [5.41, 5.74) is 6.35. The first kappa shape index (κ1) is 12.9. The van der Waals surface area contributed by atoms with Crippen molar-refractivity contribution in [2.24, 2.45) is 23.5 Å². The van der Waals surface area contributed by atoms with Gasteiger partial charge in [-0.15, -0.1) is 0 Å². The lowest BCUT2D eigenvalue weighted by molar-refractivity contribution is 0.00869. The van der Waals surface area contributed by atoms with Crippen molar-refractivity contribution in [1.29, 1.82) is 0 Å². The maximum absolute atomic E-state index is 6.35. The van der Waals surface area contributed by atoms with Crippen LogP contribution in [0, 0.1) is 17.8 Å². The first-order valence-electron chi connectivity index (χ1n) is 8.18. The highest BCUT2D eigenvalue weighted by atomic mass is 16.5. The highest BCUT2D eigenvalue weighted by Gasteiger charge is 2.39. The molecule has 0 aromatic carbocycles. The molecule has 1 saturated heterocycles. The molecule has 0 amide bonds. The minimum absolute atomic E-state index is 0.430. The van der Waals surface area contributed by atoms with Crippen molar-refractivity contribution in [1.82, 2.24) is 0 Å². The Hall–Kier alpha value is -0.0800. The van der Waals surface area contributed by atoms with Gasteiger partial charge < -0.3 is 10.5 Å². The summed E-state index contributed by atoms with van der Waals surface area (Å²) in [5.74, 6) is 3.06. The van der Waals surface area contributed by atoms with Crippen molar-refractivity contribution in [3.8, 4) is 0 Å². The third kappa shape index (κ3) is 3.08. The Morgan fingerprint density at radius 2 is 2.06 bits per heavy atom. The highest BCUT2D eigenvalue weighted by molar-refractivity contribution is 4.91. The van der Waals surface area contributed by atoms with Crippen LogP contribution in [0.1, 0.15) is 64.2 Å². The lowest BCUT2D eigenvalue weighted by Gasteiger charge is -2.27. The van der Waals surface area contributed by atoms with E-state index in [9.17, 15) is 0 Å². The van der Waals surface area contributed by atoms with E-state index < -0.39 is 0 Å². The zero-order valence-electron chi connectivity index (χ0n) is 11.7. The van der Waals surface area contributed by atoms with E-state index in [1.165, 1.54) is 64.2 Å². The zero-order chi connectivity index (χ0) is 12.4. The van der Waals surface area contributed by atoms with Crippen molar-refractivity contribution in [3.63, 3.8) is 0 Å². The molecule has 2 bridgehead atoms. The molecule has 3 aliphatic rings. The average Bonchev–Trinajstić information content (AvgIpc) is 3.00. The summed E-state index contributed by atoms with van der Waals surface area (Å²) in [6.07, 6.45) is 14.1. The third-order valence-corrected chi connectivity index (χ3v) is 5.62. The van der Waals surface area contributed by atoms with E-state index in [0.29, 0.717) is 12.1 Å². The number of nitrogens with two attached hydrogens (primary N) is 1. The molecule has 5 unspecified atom stereocenters. The van der Waals surface area contributed by atoms with Crippen molar-refractivity contribution in [3.05, 3.63) is 0 Å². The van der Waals surface area contributed by atoms with Crippen molar-refractivity contribution in [2.75, 3.05) is 6.61 Å². The molecule has 3 fully saturated rings. The minimum Gasteiger partial charge on any atom is -0.378 e. The van der Waals surface area contributed by atoms with Gasteiger partial charge in [0.1, 0.15) is 0 Å². The van der Waals surface area contributed by atoms with E-state index in [1.807, 2.05) is 0 Å². The largest absolute Gasteiger partial charge is 0.378 e. The summed E-state index contributed by atoms with van der Waals surface area (Å²) in [7, 11) is 0. The summed E-state index contributed by atoms with van der Waals surface area (Å²) in [4.78, 5) is 0. The topological polar surface area (TPSA) is 35.2 Å². The Labute approximate surface area is 112 Å². The maximum Gasteiger partial charge on any atom is 0.0575 e. The van der Waals surface area contributed by atoms with Crippen LogP contribution < -0.4 is 5.73 Å². The van der Waals surface area contributed by atoms with Gasteiger partial charge in [-0.05, 0) is 75.5 Å². The molecule has 0 aromatic rings. The van der Waals surface area contributed by atoms with Crippen LogP contribution in [-0.4, -0.2) is 18.8 Å². The van der Waals surface area contributed by atoms with Crippen LogP contribution in [-0.2, 0) is 4.74 Å². The Kier molecular flexibility index (Phi) is 4.25. The lowest BCUT2D eigenvalue weighted by atomic mass is 9.83. The highest BCUT2D eigenvalue weighted by Crippen LogP contribution is 2.49. The summed E-state index contributed by atoms with van der Waals surface area (Å²) in [6.45, 7) is 0.978. The molecular weight excluding hydrogens is 222 g/mol. The summed E-state index contributed by atoms with van der Waals surface area (Å²) in [6, 6.07) is 0.430. The predicted octanol–water partition coefficient (Wildman–Crippen LogP) is 3.49. The summed E-state index contributed by atoms with van der Waals surface area (Å²) in [5, 5.41) is 0. The standard InChI is InChI=1S/C16H29NO/c17-15(6-7-16-3-1-2-8-18-16)11-14-10-12-4-5-13(14)9-12/h12-16H,1-11,17H2. The maximum atomic E-state index is 6.35. The van der Waals surface area contributed by atoms with Crippen LogP contribution in [0.25, 0.3) is 0 Å². The molecule has 5 atom stereocenters. The van der Waals surface area contributed by atoms with Gasteiger partial charge >= 0.3 is 0 Å². The number of fused-ring (bicyclic) bond motifs is 2. The molecule has 1 aliphatic heterocycles. The van der Waals surface area contributed by atoms with Crippen LogP contribution in [0.2, 0.25) is 0 Å². The molecule has 2 heteroatoms. The van der Waals surface area contributed by atoms with Gasteiger partial charge in [-0.1, -0.05) is 6.42 Å². The Balaban J connectivity index is 1.35. The molecule has 3 rings (SSSR count). The fraction of sp³-hybridized carbons (Fsp3) is 1.00. The van der Waals surface area contributed by atoms with Crippen LogP contribution in [0.5, 0.6) is 0 Å². The normalized spacial score (nSPS) is 41.2. The van der Waals surface area contributed by atoms with E-state index in [2.05, 4.69) is 0 Å². The van der Waals surface area contributed by atoms with Gasteiger partial charge in [0.2, 0.25) is 0 Å². The molecule has 18 heavy (non-hydrogen) atoms. The van der Waals surface area contributed by atoms with Crippen molar-refractivity contribution < 1.29 is 4.74 Å². The van der Waals surface area contributed by atoms with E-state index in [0.717, 1.165) is 24.4 Å². The fourth-order valence-corrected chi connectivity index (χ4v) is 4.61. The lowest BCUT2D eigenvalue weighted by Crippen LogP contribution is -2.28. The SMILES string of the molecule is NC(CCC1CCCCO1)CC1CC2CCC1C2. The molecule has 0 spiro atoms. The minimum atomic E-state index is 0.430. The summed E-state index contributed by atoms with van der Waals surface area (Å²) < 4.78 is 5.79. The molecule has 104 valence electrons. The van der Waals surface area contributed by atoms with E-state index in [1.54, 1.807) is 0 Å². The number of hydrogen-bond donors (Lipinski definition) is 1. The smallest absolute Gasteiger partial charge is 0.0575 e. The van der Waals surface area contributed by atoms with E-state index >= 15 is 0 Å². The fourth-order valence-electron chi connectivity index (χ4n) is 4.61. The number of rotatable bonds is 5. The van der Waals surface area contributed by atoms with Crippen molar-refractivity contribution in [2.45, 2.75) is 76.4 Å². The second-order valence-corrected chi connectivity index (χ2v) is 7.00. The number of ether oxygens (including phenoxy) is 1. The van der Waals surface area contributed by atoms with Gasteiger partial charge in [0, 0.05) is 12.6 Å². The monoisotopic (exact) mass is 251 g/mol. The van der Waals surface area contributed by atoms with Crippen LogP contribution in [0.3, 0.4) is 0 Å². The Bertz CT molecular complexity index is 262. The Morgan fingerprint density at radius 3 is 2.72 bits per heavy atom. The molecule has 2 nitrogen and oxygen atoms in total. The van der Waals surface area contributed by atoms with E-state index in [4.69, 9.17) is 10.5 Å². The summed E-state index contributed by atoms with van der Waals surface area (Å²) >= 11 is 0. The van der Waals surface area contributed by atoms with Crippen LogP contribution >= 0.6 is 0 Å². The van der Waals surface area contributed by atoms with Crippen LogP contribution in [0.15, 0.2) is 0 Å². The van der Waals surface area contributed by atoms with E-state index in [-0.39, 0.29) is 0 Å². The van der Waals surface area contributed by atoms with Gasteiger partial charge in [-0.3, -0.25) is 0 Å². The second-order valence-electron chi connectivity index (χ2n) is 7.00. The molecule has 1 heterocycles. The Morgan fingerprint density at radius 1 is 1.11 bits per heavy atom. The van der Waals surface area contributed by atoms with Gasteiger partial charge in [-0.25, -0.2) is 0 Å². The number of hydrogen-bond acceptors (Lipinski definition) is 2.